The summed E-state index contributed by atoms with van der Waals surface area (Å²) >= 11 is 0. The van der Waals surface area contributed by atoms with Crippen molar-refractivity contribution in [2.75, 3.05) is 5.73 Å². The highest BCUT2D eigenvalue weighted by Gasteiger charge is 2.62. The van der Waals surface area contributed by atoms with Gasteiger partial charge in [0.25, 0.3) is 0 Å². The van der Waals surface area contributed by atoms with E-state index in [2.05, 4.69) is 19.2 Å². The summed E-state index contributed by atoms with van der Waals surface area (Å²) in [6.07, 6.45) is 0.463. The van der Waals surface area contributed by atoms with Crippen molar-refractivity contribution in [3.8, 4) is 5.75 Å². The minimum Gasteiger partial charge on any atom is -0.482 e. The van der Waals surface area contributed by atoms with Crippen molar-refractivity contribution < 1.29 is 14.3 Å². The number of Topliss-reactive ketones (excluding diaryl/α,β-unsaturated/α-hetero) is 1. The molecule has 1 amide bonds. The maximum absolute atomic E-state index is 13.6. The zero-order chi connectivity index (χ0) is 19.3. The molecule has 1 aliphatic carbocycles. The molecule has 2 aromatic carbocycles. The molecule has 0 spiro atoms. The van der Waals surface area contributed by atoms with Crippen LogP contribution in [0.15, 0.2) is 36.4 Å². The maximum Gasteiger partial charge on any atom is 0.221 e. The van der Waals surface area contributed by atoms with Gasteiger partial charge in [0.05, 0.1) is 5.56 Å². The predicted molar refractivity (Wildman–Crippen MR) is 104 cm³/mol. The SMILES string of the molecule is CCCC(=O)NC12C(=O)c3c(N)cccc3C1Oc1cc(C(C)C)ccc12. The number of rotatable bonds is 4. The molecule has 2 atom stereocenters. The Morgan fingerprint density at radius 3 is 2.78 bits per heavy atom. The summed E-state index contributed by atoms with van der Waals surface area (Å²) in [6, 6.07) is 11.3. The second-order valence-electron chi connectivity index (χ2n) is 7.65. The van der Waals surface area contributed by atoms with Gasteiger partial charge in [-0.3, -0.25) is 9.59 Å². The zero-order valence-corrected chi connectivity index (χ0v) is 15.8. The van der Waals surface area contributed by atoms with E-state index in [1.165, 1.54) is 0 Å². The Bertz CT molecular complexity index is 951. The normalized spacial score (nSPS) is 22.2. The topological polar surface area (TPSA) is 81.4 Å². The third kappa shape index (κ3) is 2.37. The largest absolute Gasteiger partial charge is 0.482 e. The number of nitrogens with one attached hydrogen (secondary N) is 1. The fourth-order valence-electron chi connectivity index (χ4n) is 4.18. The van der Waals surface area contributed by atoms with E-state index in [0.717, 1.165) is 11.1 Å². The number of nitrogens with two attached hydrogens (primary N) is 1. The molecule has 2 aromatic rings. The van der Waals surface area contributed by atoms with Crippen molar-refractivity contribution in [3.05, 3.63) is 58.7 Å². The Kier molecular flexibility index (Phi) is 3.98. The van der Waals surface area contributed by atoms with E-state index < -0.39 is 11.6 Å². The lowest BCUT2D eigenvalue weighted by Gasteiger charge is -2.28. The average Bonchev–Trinajstić information content (AvgIpc) is 3.06. The van der Waals surface area contributed by atoms with Crippen molar-refractivity contribution >= 4 is 17.4 Å². The number of carbonyl (C=O) groups excluding carboxylic acids is 2. The number of benzene rings is 2. The molecule has 1 aliphatic heterocycles. The Morgan fingerprint density at radius 1 is 1.30 bits per heavy atom. The van der Waals surface area contributed by atoms with Crippen LogP contribution < -0.4 is 15.8 Å². The van der Waals surface area contributed by atoms with Gasteiger partial charge in [-0.15, -0.1) is 0 Å². The van der Waals surface area contributed by atoms with Crippen LogP contribution in [0, 0.1) is 0 Å². The lowest BCUT2D eigenvalue weighted by molar-refractivity contribution is -0.123. The zero-order valence-electron chi connectivity index (χ0n) is 15.8. The molecule has 3 N–H and O–H groups in total. The van der Waals surface area contributed by atoms with Gasteiger partial charge >= 0.3 is 0 Å². The number of carbonyl (C=O) groups is 2. The van der Waals surface area contributed by atoms with Gasteiger partial charge in [-0.05, 0) is 30.0 Å². The van der Waals surface area contributed by atoms with Crippen LogP contribution in [0.1, 0.15) is 72.7 Å². The van der Waals surface area contributed by atoms with Crippen molar-refractivity contribution in [1.29, 1.82) is 0 Å². The first-order chi connectivity index (χ1) is 12.9. The van der Waals surface area contributed by atoms with Crippen LogP contribution >= 0.6 is 0 Å². The molecule has 0 radical (unpaired) electrons. The molecule has 0 fully saturated rings. The highest BCUT2D eigenvalue weighted by molar-refractivity contribution is 6.14. The minimum absolute atomic E-state index is 0.161. The summed E-state index contributed by atoms with van der Waals surface area (Å²) in [5.74, 6) is 0.640. The first-order valence-electron chi connectivity index (χ1n) is 9.45. The monoisotopic (exact) mass is 364 g/mol. The van der Waals surface area contributed by atoms with E-state index in [1.54, 1.807) is 6.07 Å². The average molecular weight is 364 g/mol. The van der Waals surface area contributed by atoms with E-state index in [0.29, 0.717) is 41.3 Å². The number of hydrogen-bond acceptors (Lipinski definition) is 4. The van der Waals surface area contributed by atoms with Crippen LogP contribution in [-0.4, -0.2) is 11.7 Å². The number of ketones is 1. The lowest BCUT2D eigenvalue weighted by Crippen LogP contribution is -2.51. The number of ether oxygens (including phenoxy) is 1. The van der Waals surface area contributed by atoms with Crippen LogP contribution in [0.5, 0.6) is 5.75 Å². The van der Waals surface area contributed by atoms with E-state index in [1.807, 2.05) is 37.3 Å². The summed E-state index contributed by atoms with van der Waals surface area (Å²) < 4.78 is 6.26. The number of nitrogen functional groups attached to an aromatic ring is 1. The molecule has 0 saturated heterocycles. The van der Waals surface area contributed by atoms with Gasteiger partial charge in [0.1, 0.15) is 5.75 Å². The summed E-state index contributed by atoms with van der Waals surface area (Å²) in [5, 5.41) is 3.02. The maximum atomic E-state index is 13.6. The standard InChI is InChI=1S/C22H24N2O3/c1-4-6-18(25)24-22-15-10-9-13(12(2)3)11-17(15)27-21(22)14-7-5-8-16(23)19(14)20(22)26/h5,7-12,21H,4,6,23H2,1-3H3,(H,24,25). The number of amides is 1. The van der Waals surface area contributed by atoms with Gasteiger partial charge in [-0.25, -0.2) is 0 Å². The van der Waals surface area contributed by atoms with Crippen LogP contribution in [0.25, 0.3) is 0 Å². The van der Waals surface area contributed by atoms with E-state index >= 15 is 0 Å². The van der Waals surface area contributed by atoms with Crippen molar-refractivity contribution in [2.24, 2.45) is 0 Å². The van der Waals surface area contributed by atoms with Gasteiger partial charge in [-0.1, -0.05) is 45.0 Å². The van der Waals surface area contributed by atoms with Gasteiger partial charge in [-0.2, -0.15) is 0 Å². The highest BCUT2D eigenvalue weighted by atomic mass is 16.5. The lowest BCUT2D eigenvalue weighted by atomic mass is 9.84. The summed E-state index contributed by atoms with van der Waals surface area (Å²) in [4.78, 5) is 26.1. The smallest absolute Gasteiger partial charge is 0.221 e. The Labute approximate surface area is 158 Å². The molecule has 0 bridgehead atoms. The molecule has 27 heavy (non-hydrogen) atoms. The molecular weight excluding hydrogens is 340 g/mol. The number of anilines is 1. The fourth-order valence-corrected chi connectivity index (χ4v) is 4.18. The van der Waals surface area contributed by atoms with E-state index in [-0.39, 0.29) is 11.7 Å². The first-order valence-corrected chi connectivity index (χ1v) is 9.45. The molecular formula is C22H24N2O3. The summed E-state index contributed by atoms with van der Waals surface area (Å²) in [6.45, 7) is 6.15. The number of fused-ring (bicyclic) bond motifs is 5. The third-order valence-corrected chi connectivity index (χ3v) is 5.55. The Morgan fingerprint density at radius 2 is 2.07 bits per heavy atom. The van der Waals surface area contributed by atoms with E-state index in [4.69, 9.17) is 10.5 Å². The molecule has 2 unspecified atom stereocenters. The molecule has 2 aliphatic rings. The first kappa shape index (κ1) is 17.6. The molecule has 5 heteroatoms. The van der Waals surface area contributed by atoms with Gasteiger partial charge in [0.15, 0.2) is 17.4 Å². The molecule has 0 saturated carbocycles. The van der Waals surface area contributed by atoms with Crippen LogP contribution in [0.3, 0.4) is 0 Å². The third-order valence-electron chi connectivity index (χ3n) is 5.55. The molecule has 1 heterocycles. The van der Waals surface area contributed by atoms with Crippen LogP contribution in [-0.2, 0) is 10.3 Å². The fraction of sp³-hybridized carbons (Fsp3) is 0.364. The van der Waals surface area contributed by atoms with Crippen molar-refractivity contribution in [1.82, 2.24) is 5.32 Å². The van der Waals surface area contributed by atoms with Gasteiger partial charge < -0.3 is 15.8 Å². The minimum atomic E-state index is -1.24. The molecule has 4 rings (SSSR count). The van der Waals surface area contributed by atoms with Gasteiger partial charge in [0, 0.05) is 23.2 Å². The predicted octanol–water partition coefficient (Wildman–Crippen LogP) is 3.83. The Balaban J connectivity index is 1.90. The molecule has 0 aromatic heterocycles. The van der Waals surface area contributed by atoms with Gasteiger partial charge in [0.2, 0.25) is 5.91 Å². The second-order valence-corrected chi connectivity index (χ2v) is 7.65. The van der Waals surface area contributed by atoms with Crippen molar-refractivity contribution in [3.63, 3.8) is 0 Å². The molecule has 5 nitrogen and oxygen atoms in total. The second kappa shape index (κ2) is 6.12. The highest BCUT2D eigenvalue weighted by Crippen LogP contribution is 2.56. The van der Waals surface area contributed by atoms with E-state index in [9.17, 15) is 9.59 Å². The van der Waals surface area contributed by atoms with Crippen molar-refractivity contribution in [2.45, 2.75) is 51.2 Å². The number of hydrogen-bond donors (Lipinski definition) is 2. The van der Waals surface area contributed by atoms with Crippen LogP contribution in [0.4, 0.5) is 5.69 Å². The summed E-state index contributed by atoms with van der Waals surface area (Å²) in [5.41, 5.74) is 8.31. The summed E-state index contributed by atoms with van der Waals surface area (Å²) in [7, 11) is 0. The quantitative estimate of drug-likeness (QED) is 0.808. The van der Waals surface area contributed by atoms with Crippen LogP contribution in [0.2, 0.25) is 0 Å². The molecule has 140 valence electrons. The Hall–Kier alpha value is -2.82.